The first kappa shape index (κ1) is 8.08. The van der Waals surface area contributed by atoms with Crippen LogP contribution < -0.4 is 5.73 Å². The Labute approximate surface area is 77.1 Å². The van der Waals surface area contributed by atoms with Crippen molar-refractivity contribution in [3.05, 3.63) is 48.7 Å². The molecule has 0 aliphatic rings. The van der Waals surface area contributed by atoms with Gasteiger partial charge in [0, 0.05) is 11.2 Å². The van der Waals surface area contributed by atoms with Crippen LogP contribution in [0.5, 0.6) is 0 Å². The van der Waals surface area contributed by atoms with E-state index in [0.29, 0.717) is 0 Å². The van der Waals surface area contributed by atoms with Crippen LogP contribution in [0.15, 0.2) is 43.0 Å². The summed E-state index contributed by atoms with van der Waals surface area (Å²) >= 11 is 0. The van der Waals surface area contributed by atoms with Crippen molar-refractivity contribution in [2.75, 3.05) is 0 Å². The second kappa shape index (κ2) is 3.07. The number of nitrogens with two attached hydrogens (primary N) is 1. The second-order valence-corrected chi connectivity index (χ2v) is 3.07. The van der Waals surface area contributed by atoms with E-state index in [0.717, 1.165) is 11.2 Å². The number of hydrogen-bond donors (Lipinski definition) is 2. The van der Waals surface area contributed by atoms with Gasteiger partial charge in [0.05, 0.1) is 6.04 Å². The molecule has 13 heavy (non-hydrogen) atoms. The SMILES string of the molecule is C=C[C@H](N)c1cc2ccccc2[nH]1. The van der Waals surface area contributed by atoms with Crippen LogP contribution in [-0.2, 0) is 0 Å². The predicted molar refractivity (Wildman–Crippen MR) is 55.4 cm³/mol. The monoisotopic (exact) mass is 172 g/mol. The highest BCUT2D eigenvalue weighted by atomic mass is 14.8. The van der Waals surface area contributed by atoms with E-state index in [1.54, 1.807) is 6.08 Å². The van der Waals surface area contributed by atoms with Crippen LogP contribution in [-0.4, -0.2) is 4.98 Å². The van der Waals surface area contributed by atoms with E-state index in [2.05, 4.69) is 23.7 Å². The standard InChI is InChI=1S/C11H12N2/c1-2-9(12)11-7-8-5-3-4-6-10(8)13-11/h2-7,9,13H,1,12H2/t9-/m0/s1. The van der Waals surface area contributed by atoms with Gasteiger partial charge in [-0.2, -0.15) is 0 Å². The average Bonchev–Trinajstić information content (AvgIpc) is 2.59. The van der Waals surface area contributed by atoms with E-state index >= 15 is 0 Å². The first-order valence-corrected chi connectivity index (χ1v) is 4.27. The largest absolute Gasteiger partial charge is 0.357 e. The molecule has 0 radical (unpaired) electrons. The van der Waals surface area contributed by atoms with Crippen LogP contribution in [0.2, 0.25) is 0 Å². The van der Waals surface area contributed by atoms with E-state index in [1.807, 2.05) is 18.2 Å². The van der Waals surface area contributed by atoms with Crippen LogP contribution in [0.3, 0.4) is 0 Å². The maximum absolute atomic E-state index is 5.81. The molecule has 1 heterocycles. The number of aromatic amines is 1. The number of benzene rings is 1. The summed E-state index contributed by atoms with van der Waals surface area (Å²) in [6.07, 6.45) is 1.73. The lowest BCUT2D eigenvalue weighted by Gasteiger charge is -2.00. The van der Waals surface area contributed by atoms with Crippen LogP contribution >= 0.6 is 0 Å². The minimum absolute atomic E-state index is 0.104. The molecular formula is C11H12N2. The van der Waals surface area contributed by atoms with Gasteiger partial charge in [-0.25, -0.2) is 0 Å². The van der Waals surface area contributed by atoms with Gasteiger partial charge in [-0.1, -0.05) is 24.3 Å². The molecule has 0 bridgehead atoms. The van der Waals surface area contributed by atoms with Gasteiger partial charge in [-0.15, -0.1) is 6.58 Å². The summed E-state index contributed by atoms with van der Waals surface area (Å²) in [6.45, 7) is 3.66. The molecule has 0 unspecified atom stereocenters. The third-order valence-corrected chi connectivity index (χ3v) is 2.16. The topological polar surface area (TPSA) is 41.8 Å². The zero-order valence-electron chi connectivity index (χ0n) is 7.33. The minimum atomic E-state index is -0.104. The molecule has 2 rings (SSSR count). The van der Waals surface area contributed by atoms with Gasteiger partial charge < -0.3 is 10.7 Å². The average molecular weight is 172 g/mol. The Morgan fingerprint density at radius 3 is 2.85 bits per heavy atom. The zero-order chi connectivity index (χ0) is 9.26. The lowest BCUT2D eigenvalue weighted by Crippen LogP contribution is -2.06. The quantitative estimate of drug-likeness (QED) is 0.671. The normalized spacial score (nSPS) is 13.0. The highest BCUT2D eigenvalue weighted by Gasteiger charge is 2.04. The Hall–Kier alpha value is -1.54. The molecule has 0 fully saturated rings. The molecule has 1 aromatic carbocycles. The Kier molecular flexibility index (Phi) is 1.91. The molecule has 0 spiro atoms. The number of rotatable bonds is 2. The Balaban J connectivity index is 2.55. The fourth-order valence-corrected chi connectivity index (χ4v) is 1.40. The van der Waals surface area contributed by atoms with Gasteiger partial charge in [-0.05, 0) is 17.5 Å². The number of nitrogens with one attached hydrogen (secondary N) is 1. The van der Waals surface area contributed by atoms with Crippen molar-refractivity contribution in [1.82, 2.24) is 4.98 Å². The van der Waals surface area contributed by atoms with Crippen LogP contribution in [0, 0.1) is 0 Å². The molecule has 0 saturated carbocycles. The Morgan fingerprint density at radius 1 is 1.38 bits per heavy atom. The van der Waals surface area contributed by atoms with E-state index in [4.69, 9.17) is 5.73 Å². The molecule has 0 saturated heterocycles. The molecule has 2 aromatic rings. The maximum atomic E-state index is 5.81. The van der Waals surface area contributed by atoms with Gasteiger partial charge in [-0.3, -0.25) is 0 Å². The Bertz CT molecular complexity index is 395. The van der Waals surface area contributed by atoms with Gasteiger partial charge in [0.1, 0.15) is 0 Å². The number of aromatic nitrogens is 1. The van der Waals surface area contributed by atoms with Gasteiger partial charge in [0.15, 0.2) is 0 Å². The molecule has 0 amide bonds. The summed E-state index contributed by atoms with van der Waals surface area (Å²) < 4.78 is 0. The minimum Gasteiger partial charge on any atom is -0.357 e. The molecule has 66 valence electrons. The van der Waals surface area contributed by atoms with Crippen molar-refractivity contribution in [1.29, 1.82) is 0 Å². The van der Waals surface area contributed by atoms with Crippen molar-refractivity contribution < 1.29 is 0 Å². The number of hydrogen-bond acceptors (Lipinski definition) is 1. The third kappa shape index (κ3) is 1.36. The lowest BCUT2D eigenvalue weighted by molar-refractivity contribution is 0.880. The third-order valence-electron chi connectivity index (χ3n) is 2.16. The van der Waals surface area contributed by atoms with Crippen molar-refractivity contribution in [3.63, 3.8) is 0 Å². The van der Waals surface area contributed by atoms with Gasteiger partial charge >= 0.3 is 0 Å². The molecule has 1 aromatic heterocycles. The van der Waals surface area contributed by atoms with Gasteiger partial charge in [0.25, 0.3) is 0 Å². The molecule has 2 heteroatoms. The highest BCUT2D eigenvalue weighted by molar-refractivity contribution is 5.80. The van der Waals surface area contributed by atoms with Crippen molar-refractivity contribution >= 4 is 10.9 Å². The maximum Gasteiger partial charge on any atom is 0.0631 e. The summed E-state index contributed by atoms with van der Waals surface area (Å²) in [5.41, 5.74) is 7.94. The van der Waals surface area contributed by atoms with Crippen LogP contribution in [0.1, 0.15) is 11.7 Å². The van der Waals surface area contributed by atoms with Crippen LogP contribution in [0.4, 0.5) is 0 Å². The van der Waals surface area contributed by atoms with E-state index in [-0.39, 0.29) is 6.04 Å². The smallest absolute Gasteiger partial charge is 0.0631 e. The number of para-hydroxylation sites is 1. The molecule has 1 atom stereocenters. The first-order valence-electron chi connectivity index (χ1n) is 4.27. The molecule has 2 nitrogen and oxygen atoms in total. The van der Waals surface area contributed by atoms with Gasteiger partial charge in [0.2, 0.25) is 0 Å². The second-order valence-electron chi connectivity index (χ2n) is 3.07. The van der Waals surface area contributed by atoms with Crippen molar-refractivity contribution in [3.8, 4) is 0 Å². The summed E-state index contributed by atoms with van der Waals surface area (Å²) in [4.78, 5) is 3.25. The number of H-pyrrole nitrogens is 1. The fraction of sp³-hybridized carbons (Fsp3) is 0.0909. The lowest BCUT2D eigenvalue weighted by atomic mass is 10.2. The fourth-order valence-electron chi connectivity index (χ4n) is 1.40. The van der Waals surface area contributed by atoms with E-state index in [1.165, 1.54) is 5.39 Å². The summed E-state index contributed by atoms with van der Waals surface area (Å²) in [5, 5.41) is 1.19. The zero-order valence-corrected chi connectivity index (χ0v) is 7.33. The van der Waals surface area contributed by atoms with Crippen molar-refractivity contribution in [2.45, 2.75) is 6.04 Å². The molecule has 0 aliphatic heterocycles. The molecular weight excluding hydrogens is 160 g/mol. The summed E-state index contributed by atoms with van der Waals surface area (Å²) in [7, 11) is 0. The predicted octanol–water partition coefficient (Wildman–Crippen LogP) is 2.35. The number of fused-ring (bicyclic) bond motifs is 1. The van der Waals surface area contributed by atoms with Crippen LogP contribution in [0.25, 0.3) is 10.9 Å². The summed E-state index contributed by atoms with van der Waals surface area (Å²) in [5.74, 6) is 0. The summed E-state index contributed by atoms with van der Waals surface area (Å²) in [6, 6.07) is 10.1. The molecule has 3 N–H and O–H groups in total. The molecule has 0 aliphatic carbocycles. The first-order chi connectivity index (χ1) is 6.31. The highest BCUT2D eigenvalue weighted by Crippen LogP contribution is 2.18. The Morgan fingerprint density at radius 2 is 2.15 bits per heavy atom. The van der Waals surface area contributed by atoms with Crippen molar-refractivity contribution in [2.24, 2.45) is 5.73 Å². The van der Waals surface area contributed by atoms with E-state index in [9.17, 15) is 0 Å². The van der Waals surface area contributed by atoms with E-state index < -0.39 is 0 Å².